The van der Waals surface area contributed by atoms with Crippen LogP contribution >= 0.6 is 0 Å². The van der Waals surface area contributed by atoms with Crippen LogP contribution in [-0.2, 0) is 25.7 Å². The number of esters is 1. The first-order valence-corrected chi connectivity index (χ1v) is 10.5. The number of aldehydes is 1. The summed E-state index contributed by atoms with van der Waals surface area (Å²) < 4.78 is 11.0. The Morgan fingerprint density at radius 1 is 1.28 bits per heavy atom. The molecule has 0 spiro atoms. The lowest BCUT2D eigenvalue weighted by Gasteiger charge is -2.47. The van der Waals surface area contributed by atoms with Crippen LogP contribution in [0.3, 0.4) is 0 Å². The Kier molecular flexibility index (Phi) is 8.84. The zero-order chi connectivity index (χ0) is 21.3. The maximum absolute atomic E-state index is 11.9. The number of benzene rings is 1. The van der Waals surface area contributed by atoms with Crippen molar-refractivity contribution in [3.8, 4) is 0 Å². The van der Waals surface area contributed by atoms with E-state index in [2.05, 4.69) is 26.0 Å². The van der Waals surface area contributed by atoms with Gasteiger partial charge in [-0.2, -0.15) is 0 Å². The summed E-state index contributed by atoms with van der Waals surface area (Å²) in [6.45, 7) is 9.75. The Hall–Kier alpha value is -2.20. The lowest BCUT2D eigenvalue weighted by molar-refractivity contribution is -0.137. The summed E-state index contributed by atoms with van der Waals surface area (Å²) in [5, 5.41) is 0. The van der Waals surface area contributed by atoms with Crippen molar-refractivity contribution in [1.82, 2.24) is 0 Å². The normalized spacial score (nSPS) is 26.3. The molecule has 1 aromatic rings. The van der Waals surface area contributed by atoms with E-state index in [0.717, 1.165) is 42.3 Å². The van der Waals surface area contributed by atoms with E-state index in [1.54, 1.807) is 6.92 Å². The summed E-state index contributed by atoms with van der Waals surface area (Å²) in [5.41, 5.74) is 2.96. The lowest BCUT2D eigenvalue weighted by Crippen LogP contribution is -2.39. The maximum Gasteiger partial charge on any atom is 0.330 e. The Bertz CT molecular complexity index is 734. The zero-order valence-corrected chi connectivity index (χ0v) is 18.1. The summed E-state index contributed by atoms with van der Waals surface area (Å²) in [4.78, 5) is 23.4. The van der Waals surface area contributed by atoms with E-state index >= 15 is 0 Å². The highest BCUT2D eigenvalue weighted by molar-refractivity contribution is 5.82. The van der Waals surface area contributed by atoms with Gasteiger partial charge in [0.25, 0.3) is 0 Å². The van der Waals surface area contributed by atoms with Crippen LogP contribution in [0.2, 0.25) is 0 Å². The van der Waals surface area contributed by atoms with Crippen LogP contribution in [0.15, 0.2) is 53.6 Å². The van der Waals surface area contributed by atoms with Crippen molar-refractivity contribution in [2.24, 2.45) is 17.3 Å². The van der Waals surface area contributed by atoms with E-state index < -0.39 is 0 Å². The van der Waals surface area contributed by atoms with Crippen LogP contribution in [0, 0.1) is 17.3 Å². The van der Waals surface area contributed by atoms with Crippen molar-refractivity contribution in [2.75, 3.05) is 13.2 Å². The molecule has 3 atom stereocenters. The fraction of sp³-hybridized carbons (Fsp3) is 0.520. The molecule has 0 aliphatic heterocycles. The highest BCUT2D eigenvalue weighted by Gasteiger charge is 2.43. The number of hydrogen-bond donors (Lipinski definition) is 0. The van der Waals surface area contributed by atoms with Gasteiger partial charge in [-0.25, -0.2) is 4.79 Å². The van der Waals surface area contributed by atoms with Crippen LogP contribution in [0.25, 0.3) is 0 Å². The van der Waals surface area contributed by atoms with Crippen molar-refractivity contribution in [1.29, 1.82) is 0 Å². The van der Waals surface area contributed by atoms with Crippen LogP contribution < -0.4 is 0 Å². The predicted octanol–water partition coefficient (Wildman–Crippen LogP) is 5.28. The van der Waals surface area contributed by atoms with Gasteiger partial charge >= 0.3 is 5.97 Å². The van der Waals surface area contributed by atoms with E-state index in [0.29, 0.717) is 25.7 Å². The maximum atomic E-state index is 11.9. The molecule has 0 unspecified atom stereocenters. The number of carbonyl (C=O) groups is 2. The summed E-state index contributed by atoms with van der Waals surface area (Å²) in [5.74, 6) is 0.126. The standard InChI is InChI=1S/C25H34O4/c1-5-29-24(27)14-13-23-22(19(2)17-26)12-11-20(3)25(23,4)15-16-28-18-21-9-7-6-8-10-21/h6-10,13-14,17,20,23H,5,11-12,15-16,18H2,1-4H3/b14-13+,22-19-/t20-,23+,25-/m1/s1. The third-order valence-electron chi connectivity index (χ3n) is 6.35. The number of hydrogen-bond acceptors (Lipinski definition) is 4. The van der Waals surface area contributed by atoms with Crippen molar-refractivity contribution in [3.63, 3.8) is 0 Å². The van der Waals surface area contributed by atoms with Crippen molar-refractivity contribution in [3.05, 3.63) is 59.2 Å². The Balaban J connectivity index is 2.17. The van der Waals surface area contributed by atoms with Gasteiger partial charge in [-0.3, -0.25) is 4.79 Å². The molecule has 1 aromatic carbocycles. The molecular formula is C25H34O4. The summed E-state index contributed by atoms with van der Waals surface area (Å²) in [6, 6.07) is 10.1. The van der Waals surface area contributed by atoms with Crippen molar-refractivity contribution in [2.45, 2.75) is 53.6 Å². The predicted molar refractivity (Wildman–Crippen MR) is 115 cm³/mol. The number of carbonyl (C=O) groups excluding carboxylic acids is 2. The van der Waals surface area contributed by atoms with Gasteiger partial charge in [-0.1, -0.05) is 55.8 Å². The molecule has 1 saturated carbocycles. The second-order valence-electron chi connectivity index (χ2n) is 8.15. The van der Waals surface area contributed by atoms with Gasteiger partial charge in [-0.15, -0.1) is 0 Å². The number of ether oxygens (including phenoxy) is 2. The summed E-state index contributed by atoms with van der Waals surface area (Å²) in [7, 11) is 0. The molecule has 0 saturated heterocycles. The quantitative estimate of drug-likeness (QED) is 0.246. The monoisotopic (exact) mass is 398 g/mol. The topological polar surface area (TPSA) is 52.6 Å². The van der Waals surface area contributed by atoms with E-state index in [9.17, 15) is 9.59 Å². The molecule has 4 heteroatoms. The highest BCUT2D eigenvalue weighted by Crippen LogP contribution is 2.51. The molecule has 0 amide bonds. The second-order valence-corrected chi connectivity index (χ2v) is 8.15. The first kappa shape index (κ1) is 23.1. The first-order chi connectivity index (χ1) is 13.9. The molecular weight excluding hydrogens is 364 g/mol. The number of rotatable bonds is 9. The van der Waals surface area contributed by atoms with Gasteiger partial charge < -0.3 is 9.47 Å². The highest BCUT2D eigenvalue weighted by atomic mass is 16.5. The Morgan fingerprint density at radius 2 is 2.00 bits per heavy atom. The molecule has 4 nitrogen and oxygen atoms in total. The zero-order valence-electron chi connectivity index (χ0n) is 18.1. The van der Waals surface area contributed by atoms with Crippen LogP contribution in [-0.4, -0.2) is 25.5 Å². The molecule has 0 heterocycles. The van der Waals surface area contributed by atoms with Crippen LogP contribution in [0.1, 0.15) is 52.5 Å². The fourth-order valence-corrected chi connectivity index (χ4v) is 4.24. The second kappa shape index (κ2) is 11.1. The minimum Gasteiger partial charge on any atom is -0.463 e. The van der Waals surface area contributed by atoms with E-state index in [-0.39, 0.29) is 17.3 Å². The third-order valence-corrected chi connectivity index (χ3v) is 6.35. The molecule has 29 heavy (non-hydrogen) atoms. The Labute approximate surface area is 175 Å². The Morgan fingerprint density at radius 3 is 2.66 bits per heavy atom. The van der Waals surface area contributed by atoms with E-state index in [1.165, 1.54) is 6.08 Å². The third kappa shape index (κ3) is 6.14. The molecule has 2 rings (SSSR count). The lowest BCUT2D eigenvalue weighted by atomic mass is 9.58. The molecule has 0 aromatic heterocycles. The fourth-order valence-electron chi connectivity index (χ4n) is 4.24. The molecule has 1 aliphatic carbocycles. The van der Waals surface area contributed by atoms with Crippen LogP contribution in [0.4, 0.5) is 0 Å². The van der Waals surface area contributed by atoms with Gasteiger partial charge in [0.2, 0.25) is 0 Å². The minimum absolute atomic E-state index is 0.0150. The molecule has 158 valence electrons. The van der Waals surface area contributed by atoms with E-state index in [4.69, 9.17) is 9.47 Å². The molecule has 0 radical (unpaired) electrons. The van der Waals surface area contributed by atoms with Crippen LogP contribution in [0.5, 0.6) is 0 Å². The van der Waals surface area contributed by atoms with Gasteiger partial charge in [0.15, 0.2) is 0 Å². The first-order valence-electron chi connectivity index (χ1n) is 10.5. The van der Waals surface area contributed by atoms with Gasteiger partial charge in [0.05, 0.1) is 13.2 Å². The van der Waals surface area contributed by atoms with Crippen molar-refractivity contribution >= 4 is 12.3 Å². The van der Waals surface area contributed by atoms with E-state index in [1.807, 2.05) is 31.2 Å². The SMILES string of the molecule is CCOC(=O)/C=C/[C@H]1/C(=C(/C)C=O)CC[C@@H](C)[C@@]1(C)CCOCc1ccccc1. The smallest absolute Gasteiger partial charge is 0.330 e. The summed E-state index contributed by atoms with van der Waals surface area (Å²) >= 11 is 0. The van der Waals surface area contributed by atoms with Crippen molar-refractivity contribution < 1.29 is 19.1 Å². The molecule has 1 fully saturated rings. The summed E-state index contributed by atoms with van der Waals surface area (Å²) in [6.07, 6.45) is 7.15. The number of allylic oxidation sites excluding steroid dienone is 3. The molecule has 1 aliphatic rings. The van der Waals surface area contributed by atoms with Gasteiger partial charge in [-0.05, 0) is 55.6 Å². The van der Waals surface area contributed by atoms with Gasteiger partial charge in [0, 0.05) is 18.6 Å². The average molecular weight is 399 g/mol. The minimum atomic E-state index is -0.337. The van der Waals surface area contributed by atoms with Gasteiger partial charge in [0.1, 0.15) is 6.29 Å². The largest absolute Gasteiger partial charge is 0.463 e. The average Bonchev–Trinajstić information content (AvgIpc) is 2.73. The molecule has 0 N–H and O–H groups in total. The molecule has 0 bridgehead atoms.